The van der Waals surface area contributed by atoms with Crippen LogP contribution in [0, 0.1) is 0 Å². The Morgan fingerprint density at radius 1 is 1.55 bits per heavy atom. The maximum atomic E-state index is 5.50. The summed E-state index contributed by atoms with van der Waals surface area (Å²) in [6.07, 6.45) is 1.56. The van der Waals surface area contributed by atoms with Crippen molar-refractivity contribution in [2.24, 2.45) is 0 Å². The van der Waals surface area contributed by atoms with Crippen molar-refractivity contribution in [2.45, 2.75) is 6.61 Å². The highest BCUT2D eigenvalue weighted by molar-refractivity contribution is 5.40. The zero-order valence-corrected chi connectivity index (χ0v) is 6.24. The molecule has 1 heterocycles. The number of nitrogens with zero attached hydrogens (tertiary/aromatic N) is 2. The molecule has 1 rings (SSSR count). The van der Waals surface area contributed by atoms with Crippen LogP contribution < -0.4 is 11.5 Å². The fourth-order valence-corrected chi connectivity index (χ4v) is 0.701. The van der Waals surface area contributed by atoms with E-state index in [1.165, 1.54) is 0 Å². The predicted octanol–water partition coefficient (Wildman–Crippen LogP) is -0.213. The van der Waals surface area contributed by atoms with Crippen molar-refractivity contribution in [3.05, 3.63) is 11.8 Å². The minimum atomic E-state index is 0.183. The Morgan fingerprint density at radius 2 is 2.27 bits per heavy atom. The number of aromatic nitrogens is 2. The molecule has 11 heavy (non-hydrogen) atoms. The molecule has 0 aromatic carbocycles. The van der Waals surface area contributed by atoms with Crippen LogP contribution in [0.25, 0.3) is 0 Å². The van der Waals surface area contributed by atoms with Crippen LogP contribution >= 0.6 is 0 Å². The van der Waals surface area contributed by atoms with Gasteiger partial charge >= 0.3 is 0 Å². The summed E-state index contributed by atoms with van der Waals surface area (Å²) in [5.74, 6) is 0.557. The van der Waals surface area contributed by atoms with Crippen molar-refractivity contribution in [3.63, 3.8) is 0 Å². The quantitative estimate of drug-likeness (QED) is 0.615. The number of anilines is 2. The van der Waals surface area contributed by atoms with E-state index in [9.17, 15) is 0 Å². The summed E-state index contributed by atoms with van der Waals surface area (Å²) in [5.41, 5.74) is 11.5. The first kappa shape index (κ1) is 7.74. The van der Waals surface area contributed by atoms with Crippen LogP contribution in [0.3, 0.4) is 0 Å². The monoisotopic (exact) mass is 154 g/mol. The largest absolute Gasteiger partial charge is 0.383 e. The number of nitrogen functional groups attached to an aromatic ring is 2. The highest BCUT2D eigenvalue weighted by Crippen LogP contribution is 2.08. The summed E-state index contributed by atoms with van der Waals surface area (Å²) < 4.78 is 4.85. The number of nitrogens with two attached hydrogens (primary N) is 2. The zero-order valence-electron chi connectivity index (χ0n) is 6.24. The lowest BCUT2D eigenvalue weighted by Crippen LogP contribution is -2.03. The van der Waals surface area contributed by atoms with Crippen molar-refractivity contribution in [3.8, 4) is 0 Å². The summed E-state index contributed by atoms with van der Waals surface area (Å²) in [6, 6.07) is 0. The molecular formula is C6H10N4O. The Balaban J connectivity index is 2.90. The van der Waals surface area contributed by atoms with Crippen molar-refractivity contribution >= 4 is 11.8 Å². The van der Waals surface area contributed by atoms with E-state index in [1.807, 2.05) is 0 Å². The van der Waals surface area contributed by atoms with Crippen LogP contribution in [0.5, 0.6) is 0 Å². The number of hydrogen-bond acceptors (Lipinski definition) is 5. The molecule has 0 saturated heterocycles. The first-order chi connectivity index (χ1) is 5.24. The van der Waals surface area contributed by atoms with Crippen LogP contribution in [0.4, 0.5) is 11.8 Å². The summed E-state index contributed by atoms with van der Waals surface area (Å²) in [5, 5.41) is 0. The van der Waals surface area contributed by atoms with Gasteiger partial charge in [-0.25, -0.2) is 4.98 Å². The van der Waals surface area contributed by atoms with Gasteiger partial charge in [0.15, 0.2) is 0 Å². The van der Waals surface area contributed by atoms with Crippen LogP contribution in [0.1, 0.15) is 5.56 Å². The second-order valence-corrected chi connectivity index (χ2v) is 2.07. The third-order valence-electron chi connectivity index (χ3n) is 1.22. The van der Waals surface area contributed by atoms with Gasteiger partial charge in [0.25, 0.3) is 0 Å². The van der Waals surface area contributed by atoms with Gasteiger partial charge in [0.2, 0.25) is 5.95 Å². The first-order valence-electron chi connectivity index (χ1n) is 3.10. The zero-order chi connectivity index (χ0) is 8.27. The molecule has 60 valence electrons. The molecule has 0 radical (unpaired) electrons. The summed E-state index contributed by atoms with van der Waals surface area (Å²) in [4.78, 5) is 7.52. The third kappa shape index (κ3) is 1.78. The fourth-order valence-electron chi connectivity index (χ4n) is 0.701. The molecule has 0 aliphatic rings. The van der Waals surface area contributed by atoms with Gasteiger partial charge < -0.3 is 16.2 Å². The van der Waals surface area contributed by atoms with Crippen LogP contribution in [0.2, 0.25) is 0 Å². The standard InChI is InChI=1S/C6H10N4O/c1-11-3-4-2-9-6(8)10-5(4)7/h2H,3H2,1H3,(H4,7,8,9,10). The minimum Gasteiger partial charge on any atom is -0.383 e. The maximum absolute atomic E-state index is 5.50. The lowest BCUT2D eigenvalue weighted by atomic mass is 10.3. The fraction of sp³-hybridized carbons (Fsp3) is 0.333. The molecule has 0 unspecified atom stereocenters. The van der Waals surface area contributed by atoms with Gasteiger partial charge in [-0.15, -0.1) is 0 Å². The van der Waals surface area contributed by atoms with Crippen LogP contribution in [-0.4, -0.2) is 17.1 Å². The maximum Gasteiger partial charge on any atom is 0.221 e. The van der Waals surface area contributed by atoms with Crippen molar-refractivity contribution in [1.29, 1.82) is 0 Å². The lowest BCUT2D eigenvalue weighted by Gasteiger charge is -2.01. The van der Waals surface area contributed by atoms with Crippen molar-refractivity contribution in [1.82, 2.24) is 9.97 Å². The minimum absolute atomic E-state index is 0.183. The summed E-state index contributed by atoms with van der Waals surface area (Å²) >= 11 is 0. The second-order valence-electron chi connectivity index (χ2n) is 2.07. The summed E-state index contributed by atoms with van der Waals surface area (Å²) in [7, 11) is 1.58. The van der Waals surface area contributed by atoms with E-state index < -0.39 is 0 Å². The van der Waals surface area contributed by atoms with E-state index in [1.54, 1.807) is 13.3 Å². The number of methoxy groups -OCH3 is 1. The Kier molecular flexibility index (Phi) is 2.22. The molecule has 5 heteroatoms. The van der Waals surface area contributed by atoms with E-state index in [0.29, 0.717) is 12.4 Å². The smallest absolute Gasteiger partial charge is 0.221 e. The molecule has 0 fully saturated rings. The van der Waals surface area contributed by atoms with Gasteiger partial charge in [0.1, 0.15) is 5.82 Å². The lowest BCUT2D eigenvalue weighted by molar-refractivity contribution is 0.185. The van der Waals surface area contributed by atoms with Gasteiger partial charge in [-0.1, -0.05) is 0 Å². The van der Waals surface area contributed by atoms with E-state index in [4.69, 9.17) is 16.2 Å². The number of hydrogen-bond donors (Lipinski definition) is 2. The molecule has 0 aliphatic carbocycles. The third-order valence-corrected chi connectivity index (χ3v) is 1.22. The first-order valence-corrected chi connectivity index (χ1v) is 3.10. The highest BCUT2D eigenvalue weighted by atomic mass is 16.5. The molecule has 0 saturated carbocycles. The average molecular weight is 154 g/mol. The highest BCUT2D eigenvalue weighted by Gasteiger charge is 2.00. The van der Waals surface area contributed by atoms with Crippen molar-refractivity contribution < 1.29 is 4.74 Å². The van der Waals surface area contributed by atoms with Crippen molar-refractivity contribution in [2.75, 3.05) is 18.6 Å². The van der Waals surface area contributed by atoms with Gasteiger partial charge in [0, 0.05) is 18.9 Å². The molecule has 0 amide bonds. The molecule has 1 aromatic heterocycles. The Bertz CT molecular complexity index is 250. The normalized spacial score (nSPS) is 9.91. The molecule has 0 atom stereocenters. The Labute approximate surface area is 64.4 Å². The average Bonchev–Trinajstić information content (AvgIpc) is 1.95. The van der Waals surface area contributed by atoms with E-state index in [0.717, 1.165) is 5.56 Å². The van der Waals surface area contributed by atoms with Gasteiger partial charge in [-0.3, -0.25) is 0 Å². The van der Waals surface area contributed by atoms with E-state index in [2.05, 4.69) is 9.97 Å². The Hall–Kier alpha value is -1.36. The number of ether oxygens (including phenoxy) is 1. The molecular weight excluding hydrogens is 144 g/mol. The topological polar surface area (TPSA) is 87.0 Å². The van der Waals surface area contributed by atoms with Crippen LogP contribution in [0.15, 0.2) is 6.20 Å². The van der Waals surface area contributed by atoms with Gasteiger partial charge in [-0.05, 0) is 0 Å². The molecule has 5 nitrogen and oxygen atoms in total. The van der Waals surface area contributed by atoms with Crippen LogP contribution in [-0.2, 0) is 11.3 Å². The molecule has 0 spiro atoms. The molecule has 1 aromatic rings. The van der Waals surface area contributed by atoms with Gasteiger partial charge in [0.05, 0.1) is 6.61 Å². The Morgan fingerprint density at radius 3 is 2.82 bits per heavy atom. The molecule has 0 aliphatic heterocycles. The predicted molar refractivity (Wildman–Crippen MR) is 41.6 cm³/mol. The SMILES string of the molecule is COCc1cnc(N)nc1N. The molecule has 4 N–H and O–H groups in total. The second kappa shape index (κ2) is 3.16. The number of rotatable bonds is 2. The van der Waals surface area contributed by atoms with Gasteiger partial charge in [-0.2, -0.15) is 4.98 Å². The summed E-state index contributed by atoms with van der Waals surface area (Å²) in [6.45, 7) is 0.409. The molecule has 0 bridgehead atoms. The van der Waals surface area contributed by atoms with E-state index in [-0.39, 0.29) is 5.95 Å². The van der Waals surface area contributed by atoms with E-state index >= 15 is 0 Å².